The van der Waals surface area contributed by atoms with Gasteiger partial charge in [0.1, 0.15) is 0 Å². The van der Waals surface area contributed by atoms with E-state index in [9.17, 15) is 4.79 Å². The Morgan fingerprint density at radius 3 is 2.65 bits per heavy atom. The quantitative estimate of drug-likeness (QED) is 0.894. The number of amides is 1. The van der Waals surface area contributed by atoms with E-state index in [-0.39, 0.29) is 5.91 Å². The average molecular weight is 269 g/mol. The van der Waals surface area contributed by atoms with Gasteiger partial charge in [-0.1, -0.05) is 0 Å². The molecule has 0 bridgehead atoms. The zero-order valence-electron chi connectivity index (χ0n) is 12.0. The number of benzene rings is 1. The second kappa shape index (κ2) is 6.19. The Bertz CT molecular complexity index is 623. The molecule has 1 aromatic carbocycles. The molecule has 2 aromatic rings. The first-order valence-corrected chi connectivity index (χ1v) is 6.68. The summed E-state index contributed by atoms with van der Waals surface area (Å²) in [5.41, 5.74) is 4.40. The summed E-state index contributed by atoms with van der Waals surface area (Å²) in [6.45, 7) is 6.77. The molecule has 20 heavy (non-hydrogen) atoms. The molecule has 0 aliphatic heterocycles. The summed E-state index contributed by atoms with van der Waals surface area (Å²) < 4.78 is 0. The second-order valence-corrected chi connectivity index (χ2v) is 4.70. The molecule has 1 aromatic heterocycles. The lowest BCUT2D eigenvalue weighted by molar-refractivity contribution is 0.102. The molecule has 4 heteroatoms. The summed E-state index contributed by atoms with van der Waals surface area (Å²) in [6.07, 6.45) is 3.40. The molecule has 0 spiro atoms. The number of hydrogen-bond donors (Lipinski definition) is 2. The molecule has 4 nitrogen and oxygen atoms in total. The predicted molar refractivity (Wildman–Crippen MR) is 82.3 cm³/mol. The highest BCUT2D eigenvalue weighted by molar-refractivity contribution is 6.05. The van der Waals surface area contributed by atoms with Crippen molar-refractivity contribution in [1.29, 1.82) is 0 Å². The number of pyridine rings is 1. The van der Waals surface area contributed by atoms with Gasteiger partial charge in [0, 0.05) is 35.9 Å². The van der Waals surface area contributed by atoms with E-state index in [0.717, 1.165) is 29.0 Å². The molecular formula is C16H19N3O. The SMILES string of the molecule is CCNc1ccc(C(=O)Nc2ccncc2C)c(C)c1. The van der Waals surface area contributed by atoms with Crippen LogP contribution in [0.25, 0.3) is 0 Å². The van der Waals surface area contributed by atoms with Gasteiger partial charge in [-0.15, -0.1) is 0 Å². The molecule has 0 aliphatic rings. The minimum atomic E-state index is -0.0974. The summed E-state index contributed by atoms with van der Waals surface area (Å²) in [5, 5.41) is 6.15. The first-order chi connectivity index (χ1) is 9.61. The van der Waals surface area contributed by atoms with E-state index in [2.05, 4.69) is 15.6 Å². The predicted octanol–water partition coefficient (Wildman–Crippen LogP) is 3.38. The van der Waals surface area contributed by atoms with Gasteiger partial charge in [0.25, 0.3) is 5.91 Å². The van der Waals surface area contributed by atoms with Gasteiger partial charge in [0.2, 0.25) is 0 Å². The van der Waals surface area contributed by atoms with Crippen molar-refractivity contribution >= 4 is 17.3 Å². The van der Waals surface area contributed by atoms with Crippen LogP contribution >= 0.6 is 0 Å². The van der Waals surface area contributed by atoms with Crippen LogP contribution in [0.5, 0.6) is 0 Å². The van der Waals surface area contributed by atoms with Crippen molar-refractivity contribution in [3.8, 4) is 0 Å². The Balaban J connectivity index is 2.19. The van der Waals surface area contributed by atoms with Gasteiger partial charge in [-0.3, -0.25) is 9.78 Å². The molecule has 0 saturated carbocycles. The summed E-state index contributed by atoms with van der Waals surface area (Å²) >= 11 is 0. The van der Waals surface area contributed by atoms with E-state index in [1.54, 1.807) is 18.5 Å². The lowest BCUT2D eigenvalue weighted by atomic mass is 10.1. The third kappa shape index (κ3) is 3.15. The largest absolute Gasteiger partial charge is 0.385 e. The van der Waals surface area contributed by atoms with Gasteiger partial charge in [-0.2, -0.15) is 0 Å². The van der Waals surface area contributed by atoms with Crippen LogP contribution in [0, 0.1) is 13.8 Å². The number of nitrogens with one attached hydrogen (secondary N) is 2. The first kappa shape index (κ1) is 14.1. The Labute approximate surface area is 119 Å². The van der Waals surface area contributed by atoms with E-state index in [0.29, 0.717) is 5.56 Å². The molecule has 0 unspecified atom stereocenters. The van der Waals surface area contributed by atoms with Crippen LogP contribution in [0.2, 0.25) is 0 Å². The van der Waals surface area contributed by atoms with Gasteiger partial charge >= 0.3 is 0 Å². The van der Waals surface area contributed by atoms with Gasteiger partial charge in [-0.25, -0.2) is 0 Å². The zero-order chi connectivity index (χ0) is 14.5. The number of hydrogen-bond acceptors (Lipinski definition) is 3. The van der Waals surface area contributed by atoms with Crippen LogP contribution in [0.15, 0.2) is 36.7 Å². The molecule has 1 heterocycles. The molecule has 1 amide bonds. The molecular weight excluding hydrogens is 250 g/mol. The number of aryl methyl sites for hydroxylation is 2. The maximum atomic E-state index is 12.3. The lowest BCUT2D eigenvalue weighted by Gasteiger charge is -2.11. The minimum Gasteiger partial charge on any atom is -0.385 e. The fraction of sp³-hybridized carbons (Fsp3) is 0.250. The molecule has 0 fully saturated rings. The highest BCUT2D eigenvalue weighted by atomic mass is 16.1. The summed E-state index contributed by atoms with van der Waals surface area (Å²) in [7, 11) is 0. The van der Waals surface area contributed by atoms with E-state index < -0.39 is 0 Å². The molecule has 2 N–H and O–H groups in total. The fourth-order valence-electron chi connectivity index (χ4n) is 2.04. The Morgan fingerprint density at radius 2 is 2.00 bits per heavy atom. The van der Waals surface area contributed by atoms with Gasteiger partial charge in [0.05, 0.1) is 0 Å². The highest BCUT2D eigenvalue weighted by Gasteiger charge is 2.10. The number of aromatic nitrogens is 1. The fourth-order valence-corrected chi connectivity index (χ4v) is 2.04. The monoisotopic (exact) mass is 269 g/mol. The van der Waals surface area contributed by atoms with Crippen LogP contribution in [-0.2, 0) is 0 Å². The van der Waals surface area contributed by atoms with Gasteiger partial charge < -0.3 is 10.6 Å². The van der Waals surface area contributed by atoms with Crippen molar-refractivity contribution in [2.45, 2.75) is 20.8 Å². The number of anilines is 2. The Hall–Kier alpha value is -2.36. The first-order valence-electron chi connectivity index (χ1n) is 6.68. The number of carbonyl (C=O) groups is 1. The van der Waals surface area contributed by atoms with Crippen LogP contribution in [0.4, 0.5) is 11.4 Å². The Kier molecular flexibility index (Phi) is 4.35. The number of nitrogens with zero attached hydrogens (tertiary/aromatic N) is 1. The van der Waals surface area contributed by atoms with Crippen LogP contribution in [0.1, 0.15) is 28.4 Å². The van der Waals surface area contributed by atoms with Crippen LogP contribution < -0.4 is 10.6 Å². The summed E-state index contributed by atoms with van der Waals surface area (Å²) in [6, 6.07) is 7.55. The topological polar surface area (TPSA) is 54.0 Å². The maximum Gasteiger partial charge on any atom is 0.255 e. The molecule has 0 saturated heterocycles. The van der Waals surface area contributed by atoms with Crippen molar-refractivity contribution in [2.75, 3.05) is 17.2 Å². The summed E-state index contributed by atoms with van der Waals surface area (Å²) in [4.78, 5) is 16.3. The molecule has 2 rings (SSSR count). The smallest absolute Gasteiger partial charge is 0.255 e. The minimum absolute atomic E-state index is 0.0974. The van der Waals surface area contributed by atoms with Crippen molar-refractivity contribution in [3.05, 3.63) is 53.3 Å². The zero-order valence-corrected chi connectivity index (χ0v) is 12.0. The normalized spacial score (nSPS) is 10.2. The molecule has 0 aliphatic carbocycles. The van der Waals surface area contributed by atoms with Crippen molar-refractivity contribution in [3.63, 3.8) is 0 Å². The van der Waals surface area contributed by atoms with Crippen LogP contribution in [-0.4, -0.2) is 17.4 Å². The van der Waals surface area contributed by atoms with E-state index in [4.69, 9.17) is 0 Å². The molecule has 0 atom stereocenters. The molecule has 104 valence electrons. The third-order valence-electron chi connectivity index (χ3n) is 3.12. The van der Waals surface area contributed by atoms with Crippen LogP contribution in [0.3, 0.4) is 0 Å². The van der Waals surface area contributed by atoms with E-state index in [1.807, 2.05) is 39.0 Å². The van der Waals surface area contributed by atoms with Crippen molar-refractivity contribution in [1.82, 2.24) is 4.98 Å². The third-order valence-corrected chi connectivity index (χ3v) is 3.12. The van der Waals surface area contributed by atoms with Gasteiger partial charge in [-0.05, 0) is 56.2 Å². The number of carbonyl (C=O) groups excluding carboxylic acids is 1. The number of rotatable bonds is 4. The van der Waals surface area contributed by atoms with Crippen molar-refractivity contribution in [2.24, 2.45) is 0 Å². The standard InChI is InChI=1S/C16H19N3O/c1-4-18-13-5-6-14(11(2)9-13)16(20)19-15-7-8-17-10-12(15)3/h5-10,18H,4H2,1-3H3,(H,17,19,20). The summed E-state index contributed by atoms with van der Waals surface area (Å²) in [5.74, 6) is -0.0974. The lowest BCUT2D eigenvalue weighted by Crippen LogP contribution is -2.14. The van der Waals surface area contributed by atoms with Gasteiger partial charge in [0.15, 0.2) is 0 Å². The average Bonchev–Trinajstić information content (AvgIpc) is 2.42. The Morgan fingerprint density at radius 1 is 1.20 bits per heavy atom. The van der Waals surface area contributed by atoms with E-state index >= 15 is 0 Å². The van der Waals surface area contributed by atoms with Crippen molar-refractivity contribution < 1.29 is 4.79 Å². The molecule has 0 radical (unpaired) electrons. The van der Waals surface area contributed by atoms with E-state index in [1.165, 1.54) is 0 Å². The maximum absolute atomic E-state index is 12.3. The highest BCUT2D eigenvalue weighted by Crippen LogP contribution is 2.18. The second-order valence-electron chi connectivity index (χ2n) is 4.70.